The molecule has 0 bridgehead atoms. The number of aromatic amines is 1. The minimum atomic E-state index is -4.36. The quantitative estimate of drug-likeness (QED) is 0.932. The third kappa shape index (κ3) is 3.93. The highest BCUT2D eigenvalue weighted by molar-refractivity contribution is 5.28. The van der Waals surface area contributed by atoms with Crippen molar-refractivity contribution < 1.29 is 17.9 Å². The number of ether oxygens (including phenoxy) is 1. The first kappa shape index (κ1) is 16.9. The maximum Gasteiger partial charge on any atom is 0.416 e. The fourth-order valence-electron chi connectivity index (χ4n) is 3.04. The normalized spacial score (nSPS) is 21.8. The largest absolute Gasteiger partial charge is 0.416 e. The summed E-state index contributed by atoms with van der Waals surface area (Å²) in [7, 11) is 0. The Hall–Kier alpha value is -1.93. The van der Waals surface area contributed by atoms with E-state index in [4.69, 9.17) is 4.74 Å². The summed E-state index contributed by atoms with van der Waals surface area (Å²) in [5, 5.41) is 10.4. The van der Waals surface area contributed by atoms with Crippen LogP contribution in [0.5, 0.6) is 0 Å². The van der Waals surface area contributed by atoms with Crippen LogP contribution in [0.2, 0.25) is 0 Å². The van der Waals surface area contributed by atoms with Crippen LogP contribution in [0.25, 0.3) is 0 Å². The van der Waals surface area contributed by atoms with Gasteiger partial charge in [-0.1, -0.05) is 12.1 Å². The summed E-state index contributed by atoms with van der Waals surface area (Å²) in [5.74, 6) is 0. The van der Waals surface area contributed by atoms with Gasteiger partial charge in [-0.15, -0.1) is 0 Å². The molecule has 1 atom stereocenters. The molecule has 1 N–H and O–H groups in total. The van der Waals surface area contributed by atoms with E-state index in [-0.39, 0.29) is 0 Å². The van der Waals surface area contributed by atoms with Crippen molar-refractivity contribution in [1.82, 2.24) is 20.3 Å². The van der Waals surface area contributed by atoms with Gasteiger partial charge in [0.25, 0.3) is 0 Å². The Labute approximate surface area is 137 Å². The number of halogens is 3. The summed E-state index contributed by atoms with van der Waals surface area (Å²) in [6.45, 7) is 5.59. The number of aromatic nitrogens is 3. The van der Waals surface area contributed by atoms with Crippen LogP contribution < -0.4 is 0 Å². The van der Waals surface area contributed by atoms with Gasteiger partial charge in [-0.05, 0) is 31.5 Å². The van der Waals surface area contributed by atoms with Crippen LogP contribution in [0.15, 0.2) is 30.5 Å². The van der Waals surface area contributed by atoms with E-state index in [1.165, 1.54) is 12.1 Å². The zero-order valence-electron chi connectivity index (χ0n) is 13.5. The van der Waals surface area contributed by atoms with Gasteiger partial charge in [-0.2, -0.15) is 28.6 Å². The number of morpholine rings is 1. The zero-order chi connectivity index (χ0) is 17.4. The standard InChI is InChI=1S/C16H19F3N4O/c1-15(2)10-23(8-13-7-20-22-21-13)9-14(24-15)11-4-3-5-12(6-11)16(17,18)19/h3-7,14H,8-10H2,1-2H3,(H,20,21,22). The molecule has 1 aliphatic rings. The van der Waals surface area contributed by atoms with Crippen LogP contribution in [0.1, 0.15) is 36.8 Å². The number of nitrogens with one attached hydrogen (secondary N) is 1. The van der Waals surface area contributed by atoms with Gasteiger partial charge < -0.3 is 4.74 Å². The van der Waals surface area contributed by atoms with E-state index in [2.05, 4.69) is 20.3 Å². The van der Waals surface area contributed by atoms with E-state index in [0.29, 0.717) is 25.2 Å². The van der Waals surface area contributed by atoms with Crippen molar-refractivity contribution in [3.63, 3.8) is 0 Å². The molecule has 3 rings (SSSR count). The monoisotopic (exact) mass is 340 g/mol. The van der Waals surface area contributed by atoms with Crippen LogP contribution in [0.4, 0.5) is 13.2 Å². The number of rotatable bonds is 3. The number of hydrogen-bond donors (Lipinski definition) is 1. The summed E-state index contributed by atoms with van der Waals surface area (Å²) in [6, 6.07) is 5.34. The molecule has 24 heavy (non-hydrogen) atoms. The summed E-state index contributed by atoms with van der Waals surface area (Å²) < 4.78 is 44.9. The molecule has 1 aromatic heterocycles. The van der Waals surface area contributed by atoms with Crippen LogP contribution >= 0.6 is 0 Å². The van der Waals surface area contributed by atoms with Crippen LogP contribution in [0.3, 0.4) is 0 Å². The average molecular weight is 340 g/mol. The van der Waals surface area contributed by atoms with Crippen molar-refractivity contribution in [2.75, 3.05) is 13.1 Å². The Morgan fingerprint density at radius 2 is 2.17 bits per heavy atom. The highest BCUT2D eigenvalue weighted by Gasteiger charge is 2.36. The predicted octanol–water partition coefficient (Wildman–Crippen LogP) is 3.18. The molecule has 1 fully saturated rings. The topological polar surface area (TPSA) is 54.0 Å². The van der Waals surface area contributed by atoms with Crippen LogP contribution in [-0.4, -0.2) is 39.0 Å². The van der Waals surface area contributed by atoms with Gasteiger partial charge in [0.2, 0.25) is 0 Å². The lowest BCUT2D eigenvalue weighted by Gasteiger charge is -2.42. The van der Waals surface area contributed by atoms with Crippen molar-refractivity contribution in [2.24, 2.45) is 0 Å². The Morgan fingerprint density at radius 3 is 2.83 bits per heavy atom. The van der Waals surface area contributed by atoms with Crippen molar-refractivity contribution >= 4 is 0 Å². The van der Waals surface area contributed by atoms with Gasteiger partial charge in [0, 0.05) is 19.6 Å². The summed E-state index contributed by atoms with van der Waals surface area (Å²) in [6.07, 6.45) is -3.15. The maximum atomic E-state index is 12.9. The van der Waals surface area contributed by atoms with E-state index in [9.17, 15) is 13.2 Å². The smallest absolute Gasteiger partial charge is 0.365 e. The first-order chi connectivity index (χ1) is 11.2. The SMILES string of the molecule is CC1(C)CN(Cc2cn[nH]n2)CC(c2cccc(C(F)(F)F)c2)O1. The molecule has 1 aliphatic heterocycles. The van der Waals surface area contributed by atoms with E-state index in [0.717, 1.165) is 11.8 Å². The number of alkyl halides is 3. The summed E-state index contributed by atoms with van der Waals surface area (Å²) in [5.41, 5.74) is 0.189. The lowest BCUT2D eigenvalue weighted by atomic mass is 9.99. The fraction of sp³-hybridized carbons (Fsp3) is 0.500. The predicted molar refractivity (Wildman–Crippen MR) is 81.0 cm³/mol. The van der Waals surface area contributed by atoms with E-state index in [1.54, 1.807) is 12.3 Å². The molecule has 1 saturated heterocycles. The molecule has 8 heteroatoms. The van der Waals surface area contributed by atoms with Crippen LogP contribution in [0, 0.1) is 0 Å². The second-order valence-corrected chi connectivity index (χ2v) is 6.62. The lowest BCUT2D eigenvalue weighted by Crippen LogP contribution is -2.49. The molecular weight excluding hydrogens is 321 g/mol. The first-order valence-corrected chi connectivity index (χ1v) is 7.65. The molecule has 1 unspecified atom stereocenters. The molecule has 0 aliphatic carbocycles. The molecule has 0 saturated carbocycles. The molecule has 2 heterocycles. The highest BCUT2D eigenvalue weighted by Crippen LogP contribution is 2.35. The highest BCUT2D eigenvalue weighted by atomic mass is 19.4. The minimum absolute atomic E-state index is 0.428. The van der Waals surface area contributed by atoms with E-state index in [1.807, 2.05) is 13.8 Å². The zero-order valence-corrected chi connectivity index (χ0v) is 13.5. The Balaban J connectivity index is 1.82. The van der Waals surface area contributed by atoms with Gasteiger partial charge in [-0.25, -0.2) is 0 Å². The number of hydrogen-bond acceptors (Lipinski definition) is 4. The minimum Gasteiger partial charge on any atom is -0.365 e. The van der Waals surface area contributed by atoms with Gasteiger partial charge in [-0.3, -0.25) is 4.90 Å². The van der Waals surface area contributed by atoms with Crippen molar-refractivity contribution in [3.05, 3.63) is 47.3 Å². The van der Waals surface area contributed by atoms with Gasteiger partial charge in [0.1, 0.15) is 0 Å². The average Bonchev–Trinajstić information content (AvgIpc) is 2.98. The summed E-state index contributed by atoms with van der Waals surface area (Å²) in [4.78, 5) is 2.12. The molecule has 2 aromatic rings. The molecule has 0 radical (unpaired) electrons. The van der Waals surface area contributed by atoms with Gasteiger partial charge >= 0.3 is 6.18 Å². The molecular formula is C16H19F3N4O. The van der Waals surface area contributed by atoms with Crippen molar-refractivity contribution in [2.45, 2.75) is 38.3 Å². The Kier molecular flexibility index (Phi) is 4.35. The third-order valence-electron chi connectivity index (χ3n) is 3.93. The van der Waals surface area contributed by atoms with E-state index < -0.39 is 23.4 Å². The molecule has 1 aromatic carbocycles. The van der Waals surface area contributed by atoms with Crippen LogP contribution in [-0.2, 0) is 17.5 Å². The Bertz CT molecular complexity index is 685. The molecule has 0 spiro atoms. The second-order valence-electron chi connectivity index (χ2n) is 6.62. The number of benzene rings is 1. The lowest BCUT2D eigenvalue weighted by molar-refractivity contribution is -0.143. The maximum absolute atomic E-state index is 12.9. The number of nitrogens with zero attached hydrogens (tertiary/aromatic N) is 3. The second kappa shape index (κ2) is 6.18. The number of H-pyrrole nitrogens is 1. The van der Waals surface area contributed by atoms with E-state index >= 15 is 0 Å². The van der Waals surface area contributed by atoms with Gasteiger partial charge in [0.15, 0.2) is 0 Å². The van der Waals surface area contributed by atoms with Gasteiger partial charge in [0.05, 0.1) is 29.2 Å². The third-order valence-corrected chi connectivity index (χ3v) is 3.93. The summed E-state index contributed by atoms with van der Waals surface area (Å²) >= 11 is 0. The Morgan fingerprint density at radius 1 is 1.38 bits per heavy atom. The van der Waals surface area contributed by atoms with Crippen molar-refractivity contribution in [1.29, 1.82) is 0 Å². The fourth-order valence-corrected chi connectivity index (χ4v) is 3.04. The molecule has 0 amide bonds. The first-order valence-electron chi connectivity index (χ1n) is 7.65. The van der Waals surface area contributed by atoms with Crippen molar-refractivity contribution in [3.8, 4) is 0 Å². The molecule has 5 nitrogen and oxygen atoms in total. The molecule has 130 valence electrons.